The molecule has 6 heteroatoms. The molecule has 1 aliphatic heterocycles. The zero-order chi connectivity index (χ0) is 14.0. The number of hydrogen-bond donors (Lipinski definition) is 1. The molecule has 0 radical (unpaired) electrons. The maximum atomic E-state index is 12.5. The number of amides is 1. The van der Waals surface area contributed by atoms with Gasteiger partial charge in [0.1, 0.15) is 0 Å². The van der Waals surface area contributed by atoms with Crippen LogP contribution in [0.1, 0.15) is 23.2 Å². The molecule has 1 amide bonds. The molecule has 0 bridgehead atoms. The van der Waals surface area contributed by atoms with Crippen LogP contribution in [0, 0.1) is 9.49 Å². The smallest absolute Gasteiger partial charge is 0.255 e. The number of piperidine rings is 1. The Morgan fingerprint density at radius 3 is 2.63 bits per heavy atom. The molecule has 1 aromatic rings. The highest BCUT2D eigenvalue weighted by Crippen LogP contribution is 2.24. The van der Waals surface area contributed by atoms with Crippen molar-refractivity contribution in [3.8, 4) is 0 Å². The molecule has 0 spiro atoms. The van der Waals surface area contributed by atoms with E-state index in [0.29, 0.717) is 4.99 Å². The predicted molar refractivity (Wildman–Crippen MR) is 92.3 cm³/mol. The molecular formula is C13H14BrIN2OS. The first-order valence-corrected chi connectivity index (χ1v) is 8.30. The minimum atomic E-state index is 0.0757. The monoisotopic (exact) mass is 452 g/mol. The zero-order valence-corrected chi connectivity index (χ0v) is 14.8. The van der Waals surface area contributed by atoms with Crippen LogP contribution in [0.15, 0.2) is 22.7 Å². The Kier molecular flexibility index (Phi) is 5.19. The van der Waals surface area contributed by atoms with Gasteiger partial charge in [0.25, 0.3) is 5.91 Å². The lowest BCUT2D eigenvalue weighted by Gasteiger charge is -2.31. The summed E-state index contributed by atoms with van der Waals surface area (Å²) in [5.41, 5.74) is 6.39. The number of likely N-dealkylation sites (tertiary alicyclic amines) is 1. The van der Waals surface area contributed by atoms with E-state index in [1.54, 1.807) is 0 Å². The predicted octanol–water partition coefficient (Wildman–Crippen LogP) is 3.19. The molecule has 1 heterocycles. The van der Waals surface area contributed by atoms with Crippen molar-refractivity contribution in [2.45, 2.75) is 12.8 Å². The molecule has 3 nitrogen and oxygen atoms in total. The lowest BCUT2D eigenvalue weighted by molar-refractivity contribution is 0.0709. The standard InChI is InChI=1S/C13H14BrIN2OS/c14-11-2-1-9(15)7-10(11)13(18)17-5-3-8(4-6-17)12(16)19/h1-2,7-8H,3-6H2,(H2,16,19). The number of carbonyl (C=O) groups excluding carboxylic acids is 1. The van der Waals surface area contributed by atoms with Gasteiger partial charge in [-0.1, -0.05) is 12.2 Å². The largest absolute Gasteiger partial charge is 0.393 e. The quantitative estimate of drug-likeness (QED) is 0.553. The minimum absolute atomic E-state index is 0.0757. The van der Waals surface area contributed by atoms with Crippen LogP contribution in [0.2, 0.25) is 0 Å². The molecule has 1 aliphatic rings. The second-order valence-corrected chi connectivity index (χ2v) is 7.16. The van der Waals surface area contributed by atoms with Gasteiger partial charge in [0.15, 0.2) is 0 Å². The first-order valence-electron chi connectivity index (χ1n) is 6.02. The van der Waals surface area contributed by atoms with E-state index in [0.717, 1.165) is 39.5 Å². The lowest BCUT2D eigenvalue weighted by atomic mass is 9.96. The number of nitrogens with two attached hydrogens (primary N) is 1. The highest BCUT2D eigenvalue weighted by Gasteiger charge is 2.25. The molecule has 0 aromatic heterocycles. The molecule has 1 fully saturated rings. The van der Waals surface area contributed by atoms with Crippen LogP contribution >= 0.6 is 50.7 Å². The molecule has 1 aromatic carbocycles. The summed E-state index contributed by atoms with van der Waals surface area (Å²) in [6, 6.07) is 5.80. The number of rotatable bonds is 2. The Morgan fingerprint density at radius 1 is 1.42 bits per heavy atom. The van der Waals surface area contributed by atoms with E-state index in [1.807, 2.05) is 23.1 Å². The van der Waals surface area contributed by atoms with Crippen molar-refractivity contribution < 1.29 is 4.79 Å². The molecule has 102 valence electrons. The van der Waals surface area contributed by atoms with Gasteiger partial charge in [-0.05, 0) is 69.6 Å². The molecule has 19 heavy (non-hydrogen) atoms. The topological polar surface area (TPSA) is 46.3 Å². The van der Waals surface area contributed by atoms with Gasteiger partial charge in [-0.25, -0.2) is 0 Å². The van der Waals surface area contributed by atoms with Gasteiger partial charge in [0.2, 0.25) is 0 Å². The van der Waals surface area contributed by atoms with Gasteiger partial charge in [0.05, 0.1) is 10.6 Å². The van der Waals surface area contributed by atoms with Crippen molar-refractivity contribution in [1.82, 2.24) is 4.90 Å². The summed E-state index contributed by atoms with van der Waals surface area (Å²) in [6.45, 7) is 1.44. The van der Waals surface area contributed by atoms with Crippen LogP contribution in [0.4, 0.5) is 0 Å². The summed E-state index contributed by atoms with van der Waals surface area (Å²) in [5, 5.41) is 0. The van der Waals surface area contributed by atoms with E-state index >= 15 is 0 Å². The van der Waals surface area contributed by atoms with Gasteiger partial charge in [-0.3, -0.25) is 4.79 Å². The fraction of sp³-hybridized carbons (Fsp3) is 0.385. The van der Waals surface area contributed by atoms with Crippen molar-refractivity contribution in [1.29, 1.82) is 0 Å². The first-order chi connectivity index (χ1) is 8.99. The third kappa shape index (κ3) is 3.66. The summed E-state index contributed by atoms with van der Waals surface area (Å²) >= 11 is 10.7. The number of hydrogen-bond acceptors (Lipinski definition) is 2. The average molecular weight is 453 g/mol. The number of benzene rings is 1. The average Bonchev–Trinajstić information content (AvgIpc) is 2.41. The molecule has 1 saturated heterocycles. The van der Waals surface area contributed by atoms with Gasteiger partial charge in [0, 0.05) is 27.1 Å². The number of thiocarbonyl (C=S) groups is 1. The molecule has 0 unspecified atom stereocenters. The van der Waals surface area contributed by atoms with Crippen LogP contribution in [-0.2, 0) is 0 Å². The van der Waals surface area contributed by atoms with Gasteiger partial charge in [-0.15, -0.1) is 0 Å². The van der Waals surface area contributed by atoms with E-state index in [9.17, 15) is 4.79 Å². The second-order valence-electron chi connectivity index (χ2n) is 4.59. The van der Waals surface area contributed by atoms with Crippen molar-refractivity contribution >= 4 is 61.6 Å². The Labute approximate surface area is 140 Å². The molecule has 2 rings (SSSR count). The Morgan fingerprint density at radius 2 is 2.05 bits per heavy atom. The fourth-order valence-corrected chi connectivity index (χ4v) is 3.34. The maximum absolute atomic E-state index is 12.5. The van der Waals surface area contributed by atoms with Crippen molar-refractivity contribution in [3.05, 3.63) is 31.8 Å². The summed E-state index contributed by atoms with van der Waals surface area (Å²) in [4.78, 5) is 14.9. The van der Waals surface area contributed by atoms with Gasteiger partial charge >= 0.3 is 0 Å². The summed E-state index contributed by atoms with van der Waals surface area (Å²) in [5.74, 6) is 0.352. The zero-order valence-electron chi connectivity index (χ0n) is 10.2. The van der Waals surface area contributed by atoms with E-state index in [4.69, 9.17) is 18.0 Å². The second kappa shape index (κ2) is 6.49. The van der Waals surface area contributed by atoms with Crippen molar-refractivity contribution in [2.24, 2.45) is 11.7 Å². The van der Waals surface area contributed by atoms with E-state index in [1.165, 1.54) is 0 Å². The van der Waals surface area contributed by atoms with Crippen LogP contribution in [0.25, 0.3) is 0 Å². The lowest BCUT2D eigenvalue weighted by Crippen LogP contribution is -2.41. The maximum Gasteiger partial charge on any atom is 0.255 e. The van der Waals surface area contributed by atoms with Gasteiger partial charge in [-0.2, -0.15) is 0 Å². The summed E-state index contributed by atoms with van der Waals surface area (Å²) in [6.07, 6.45) is 1.73. The third-order valence-corrected chi connectivity index (χ3v) is 5.04. The Hall–Kier alpha value is -0.210. The molecule has 2 N–H and O–H groups in total. The highest BCUT2D eigenvalue weighted by atomic mass is 127. The van der Waals surface area contributed by atoms with Crippen molar-refractivity contribution in [3.63, 3.8) is 0 Å². The normalized spacial score (nSPS) is 16.4. The molecular weight excluding hydrogens is 439 g/mol. The summed E-state index contributed by atoms with van der Waals surface area (Å²) in [7, 11) is 0. The fourth-order valence-electron chi connectivity index (χ4n) is 2.20. The molecule has 0 saturated carbocycles. The highest BCUT2D eigenvalue weighted by molar-refractivity contribution is 14.1. The van der Waals surface area contributed by atoms with Crippen molar-refractivity contribution in [2.75, 3.05) is 13.1 Å². The molecule has 0 atom stereocenters. The Balaban J connectivity index is 2.09. The number of halogens is 2. The number of nitrogens with zero attached hydrogens (tertiary/aromatic N) is 1. The van der Waals surface area contributed by atoms with Crippen LogP contribution in [0.3, 0.4) is 0 Å². The number of carbonyl (C=O) groups is 1. The minimum Gasteiger partial charge on any atom is -0.393 e. The van der Waals surface area contributed by atoms with Crippen LogP contribution in [0.5, 0.6) is 0 Å². The van der Waals surface area contributed by atoms with Gasteiger partial charge < -0.3 is 10.6 Å². The van der Waals surface area contributed by atoms with Crippen LogP contribution < -0.4 is 5.73 Å². The molecule has 0 aliphatic carbocycles. The Bertz CT molecular complexity index is 515. The van der Waals surface area contributed by atoms with E-state index < -0.39 is 0 Å². The summed E-state index contributed by atoms with van der Waals surface area (Å²) < 4.78 is 1.90. The SMILES string of the molecule is NC(=S)C1CCN(C(=O)c2cc(I)ccc2Br)CC1. The first kappa shape index (κ1) is 15.2. The van der Waals surface area contributed by atoms with E-state index in [-0.39, 0.29) is 11.8 Å². The van der Waals surface area contributed by atoms with Crippen LogP contribution in [-0.4, -0.2) is 28.9 Å². The third-order valence-electron chi connectivity index (χ3n) is 3.34. The van der Waals surface area contributed by atoms with E-state index in [2.05, 4.69) is 38.5 Å².